The molecule has 4 heteroatoms. The summed E-state index contributed by atoms with van der Waals surface area (Å²) >= 11 is 0. The molecule has 1 atom stereocenters. The van der Waals surface area contributed by atoms with Crippen LogP contribution in [0.2, 0.25) is 0 Å². The van der Waals surface area contributed by atoms with Gasteiger partial charge < -0.3 is 10.4 Å². The lowest BCUT2D eigenvalue weighted by Gasteiger charge is -2.16. The van der Waals surface area contributed by atoms with E-state index in [0.717, 1.165) is 57.8 Å². The molecular formula is C66H127NO3. The van der Waals surface area contributed by atoms with Gasteiger partial charge in [-0.25, -0.2) is 0 Å². The van der Waals surface area contributed by atoms with Gasteiger partial charge in [-0.2, -0.15) is 0 Å². The lowest BCUT2D eigenvalue weighted by Crippen LogP contribution is -2.37. The van der Waals surface area contributed by atoms with Crippen LogP contribution in [0.3, 0.4) is 0 Å². The third-order valence-corrected chi connectivity index (χ3v) is 15.3. The number of carbonyl (C=O) groups excluding carboxylic acids is 2. The first-order chi connectivity index (χ1) is 34.6. The number of aliphatic hydroxyl groups excluding tert-OH is 1. The van der Waals surface area contributed by atoms with Crippen molar-refractivity contribution < 1.29 is 14.7 Å². The van der Waals surface area contributed by atoms with Crippen LogP contribution in [-0.2, 0) is 9.59 Å². The standard InChI is InChI=1S/C66H127NO3/c1-3-5-7-9-11-13-15-17-32-36-40-44-48-52-56-60-65(69)61-57-53-49-45-41-37-33-30-28-26-24-22-20-19-21-23-25-27-29-31-34-38-42-46-50-54-58-62-66(70)67-64(63-68)59-55-51-47-43-39-35-18-16-14-12-10-8-6-4-2/h11,13,17,32,64,68H,3-10,12,14-16,18-31,33-63H2,1-2H3,(H,67,70)/t64-/m0/s1. The maximum Gasteiger partial charge on any atom is 0.220 e. The molecule has 0 aliphatic rings. The van der Waals surface area contributed by atoms with Gasteiger partial charge in [0.2, 0.25) is 5.91 Å². The van der Waals surface area contributed by atoms with Crippen molar-refractivity contribution in [2.45, 2.75) is 379 Å². The van der Waals surface area contributed by atoms with Crippen molar-refractivity contribution in [2.75, 3.05) is 6.61 Å². The molecule has 0 aromatic heterocycles. The Kier molecular flexibility index (Phi) is 60.6. The summed E-state index contributed by atoms with van der Waals surface area (Å²) in [7, 11) is 0. The number of ketones is 1. The monoisotopic (exact) mass is 982 g/mol. The van der Waals surface area contributed by atoms with Gasteiger partial charge in [0.25, 0.3) is 0 Å². The number of hydrogen-bond acceptors (Lipinski definition) is 3. The normalized spacial score (nSPS) is 12.3. The average molecular weight is 983 g/mol. The first-order valence-corrected chi connectivity index (χ1v) is 32.4. The molecule has 0 fully saturated rings. The zero-order valence-electron chi connectivity index (χ0n) is 48.0. The lowest BCUT2D eigenvalue weighted by molar-refractivity contribution is -0.122. The second-order valence-corrected chi connectivity index (χ2v) is 22.4. The van der Waals surface area contributed by atoms with Gasteiger partial charge in [-0.05, 0) is 57.8 Å². The van der Waals surface area contributed by atoms with Crippen LogP contribution in [0.25, 0.3) is 0 Å². The Balaban J connectivity index is 3.29. The quantitative estimate of drug-likeness (QED) is 0.0471. The molecule has 2 N–H and O–H groups in total. The topological polar surface area (TPSA) is 66.4 Å². The Bertz CT molecular complexity index is 1070. The molecule has 0 aliphatic heterocycles. The highest BCUT2D eigenvalue weighted by molar-refractivity contribution is 5.78. The zero-order chi connectivity index (χ0) is 50.6. The first kappa shape index (κ1) is 68.6. The number of rotatable bonds is 61. The van der Waals surface area contributed by atoms with E-state index in [1.54, 1.807) is 0 Å². The summed E-state index contributed by atoms with van der Waals surface area (Å²) in [6, 6.07) is -0.0598. The van der Waals surface area contributed by atoms with Crippen molar-refractivity contribution in [3.63, 3.8) is 0 Å². The molecule has 0 heterocycles. The first-order valence-electron chi connectivity index (χ1n) is 32.4. The zero-order valence-corrected chi connectivity index (χ0v) is 48.0. The van der Waals surface area contributed by atoms with Crippen molar-refractivity contribution >= 4 is 11.7 Å². The molecule has 0 unspecified atom stereocenters. The fourth-order valence-corrected chi connectivity index (χ4v) is 10.4. The summed E-state index contributed by atoms with van der Waals surface area (Å²) in [6.45, 7) is 4.62. The molecule has 0 saturated carbocycles. The van der Waals surface area contributed by atoms with E-state index >= 15 is 0 Å². The van der Waals surface area contributed by atoms with Gasteiger partial charge in [0.15, 0.2) is 0 Å². The molecular weight excluding hydrogens is 855 g/mol. The number of allylic oxidation sites excluding steroid dienone is 4. The van der Waals surface area contributed by atoms with Crippen LogP contribution < -0.4 is 5.32 Å². The minimum Gasteiger partial charge on any atom is -0.394 e. The molecule has 0 aliphatic carbocycles. The smallest absolute Gasteiger partial charge is 0.220 e. The van der Waals surface area contributed by atoms with Crippen molar-refractivity contribution in [1.82, 2.24) is 5.32 Å². The van der Waals surface area contributed by atoms with E-state index in [4.69, 9.17) is 0 Å². The van der Waals surface area contributed by atoms with Crippen LogP contribution in [0.5, 0.6) is 0 Å². The predicted molar refractivity (Wildman–Crippen MR) is 312 cm³/mol. The number of nitrogens with one attached hydrogen (secondary N) is 1. The van der Waals surface area contributed by atoms with Crippen LogP contribution in [-0.4, -0.2) is 29.4 Å². The third-order valence-electron chi connectivity index (χ3n) is 15.3. The van der Waals surface area contributed by atoms with E-state index in [1.807, 2.05) is 0 Å². The number of amides is 1. The molecule has 0 aromatic rings. The van der Waals surface area contributed by atoms with Crippen LogP contribution in [0.15, 0.2) is 24.3 Å². The van der Waals surface area contributed by atoms with Gasteiger partial charge in [-0.1, -0.05) is 321 Å². The molecule has 0 aromatic carbocycles. The number of carbonyl (C=O) groups is 2. The molecule has 0 bridgehead atoms. The summed E-state index contributed by atoms with van der Waals surface area (Å²) in [6.07, 6.45) is 81.9. The van der Waals surface area contributed by atoms with E-state index in [0.29, 0.717) is 12.2 Å². The van der Waals surface area contributed by atoms with Crippen molar-refractivity contribution in [3.05, 3.63) is 24.3 Å². The number of Topliss-reactive ketones (excluding diaryl/α,β-unsaturated/α-hetero) is 1. The molecule has 0 spiro atoms. The van der Waals surface area contributed by atoms with Gasteiger partial charge in [-0.3, -0.25) is 9.59 Å². The SMILES string of the molecule is CCCCCC=CCC=CCCCCCCCC(=O)CCCCCCCCCCCCCCCCCCCCCCCCCCCCCC(=O)N[C@H](CO)CCCCCCCCCCCCCCCC. The maximum absolute atomic E-state index is 12.4. The minimum atomic E-state index is -0.0598. The van der Waals surface area contributed by atoms with E-state index in [-0.39, 0.29) is 18.6 Å². The van der Waals surface area contributed by atoms with E-state index < -0.39 is 0 Å². The highest BCUT2D eigenvalue weighted by Crippen LogP contribution is 2.19. The van der Waals surface area contributed by atoms with Crippen LogP contribution in [0.4, 0.5) is 0 Å². The van der Waals surface area contributed by atoms with E-state index in [2.05, 4.69) is 43.5 Å². The van der Waals surface area contributed by atoms with Crippen LogP contribution >= 0.6 is 0 Å². The Hall–Kier alpha value is -1.42. The Morgan fingerprint density at radius 1 is 0.329 bits per heavy atom. The summed E-state index contributed by atoms with van der Waals surface area (Å²) < 4.78 is 0. The molecule has 0 rings (SSSR count). The predicted octanol–water partition coefficient (Wildman–Crippen LogP) is 22.0. The molecule has 1 amide bonds. The van der Waals surface area contributed by atoms with Crippen LogP contribution in [0, 0.1) is 0 Å². The molecule has 414 valence electrons. The van der Waals surface area contributed by atoms with Crippen LogP contribution in [0.1, 0.15) is 373 Å². The minimum absolute atomic E-state index is 0.0598. The van der Waals surface area contributed by atoms with Gasteiger partial charge in [0, 0.05) is 19.3 Å². The fraction of sp³-hybridized carbons (Fsp3) is 0.909. The number of hydrogen-bond donors (Lipinski definition) is 2. The summed E-state index contributed by atoms with van der Waals surface area (Å²) in [4.78, 5) is 24.7. The van der Waals surface area contributed by atoms with E-state index in [1.165, 1.54) is 295 Å². The Labute approximate surface area is 440 Å². The van der Waals surface area contributed by atoms with Gasteiger partial charge >= 0.3 is 0 Å². The second-order valence-electron chi connectivity index (χ2n) is 22.4. The molecule has 70 heavy (non-hydrogen) atoms. The molecule has 0 saturated heterocycles. The average Bonchev–Trinajstić information content (AvgIpc) is 3.36. The van der Waals surface area contributed by atoms with Crippen molar-refractivity contribution in [1.29, 1.82) is 0 Å². The highest BCUT2D eigenvalue weighted by atomic mass is 16.3. The third kappa shape index (κ3) is 59.1. The van der Waals surface area contributed by atoms with Crippen molar-refractivity contribution in [3.8, 4) is 0 Å². The molecule has 0 radical (unpaired) electrons. The second kappa shape index (κ2) is 61.9. The van der Waals surface area contributed by atoms with Gasteiger partial charge in [-0.15, -0.1) is 0 Å². The van der Waals surface area contributed by atoms with Gasteiger partial charge in [0.1, 0.15) is 5.78 Å². The highest BCUT2D eigenvalue weighted by Gasteiger charge is 2.11. The summed E-state index contributed by atoms with van der Waals surface area (Å²) in [5, 5.41) is 12.9. The molecule has 4 nitrogen and oxygen atoms in total. The van der Waals surface area contributed by atoms with E-state index in [9.17, 15) is 14.7 Å². The summed E-state index contributed by atoms with van der Waals surface area (Å²) in [5.41, 5.74) is 0. The number of aliphatic hydroxyl groups is 1. The number of unbranched alkanes of at least 4 members (excludes halogenated alkanes) is 47. The lowest BCUT2D eigenvalue weighted by atomic mass is 10.0. The van der Waals surface area contributed by atoms with Crippen molar-refractivity contribution in [2.24, 2.45) is 0 Å². The largest absolute Gasteiger partial charge is 0.394 e. The fourth-order valence-electron chi connectivity index (χ4n) is 10.4. The van der Waals surface area contributed by atoms with Gasteiger partial charge in [0.05, 0.1) is 12.6 Å². The maximum atomic E-state index is 12.4. The Morgan fingerprint density at radius 3 is 0.914 bits per heavy atom. The Morgan fingerprint density at radius 2 is 0.586 bits per heavy atom. The summed E-state index contributed by atoms with van der Waals surface area (Å²) in [5.74, 6) is 0.641.